The fourth-order valence-electron chi connectivity index (χ4n) is 2.80. The second kappa shape index (κ2) is 10.9. The van der Waals surface area contributed by atoms with Crippen molar-refractivity contribution in [1.29, 1.82) is 0 Å². The second-order valence-corrected chi connectivity index (χ2v) is 8.41. The van der Waals surface area contributed by atoms with E-state index in [0.717, 1.165) is 10.4 Å². The van der Waals surface area contributed by atoms with Crippen molar-refractivity contribution < 1.29 is 40.9 Å². The average Bonchev–Trinajstić information content (AvgIpc) is 2.76. The van der Waals surface area contributed by atoms with Crippen LogP contribution in [0.1, 0.15) is 11.1 Å². The first-order valence-corrected chi connectivity index (χ1v) is 10.6. The van der Waals surface area contributed by atoms with Crippen LogP contribution in [0.4, 0.5) is 8.78 Å². The minimum Gasteiger partial charge on any atom is -0.493 e. The maximum atomic E-state index is 13.3. The number of hydrogen-bond acceptors (Lipinski definition) is 7. The van der Waals surface area contributed by atoms with Crippen molar-refractivity contribution in [3.8, 4) is 17.2 Å². The molecule has 0 N–H and O–H groups in total. The molecule has 0 bridgehead atoms. The van der Waals surface area contributed by atoms with Gasteiger partial charge in [-0.05, 0) is 41.5 Å². The van der Waals surface area contributed by atoms with E-state index in [1.54, 1.807) is 6.07 Å². The Hall–Kier alpha value is -3.18. The highest BCUT2D eigenvalue weighted by atomic mass is 32.2. The summed E-state index contributed by atoms with van der Waals surface area (Å²) in [5, 5.41) is 0. The molecule has 0 heterocycles. The summed E-state index contributed by atoms with van der Waals surface area (Å²) in [6.45, 7) is -3.12. The third-order valence-electron chi connectivity index (χ3n) is 4.30. The normalized spacial score (nSPS) is 11.8. The molecule has 0 amide bonds. The smallest absolute Gasteiger partial charge is 0.387 e. The predicted molar refractivity (Wildman–Crippen MR) is 112 cm³/mol. The molecule has 2 aromatic rings. The summed E-state index contributed by atoms with van der Waals surface area (Å²) in [7, 11) is 1.07. The molecule has 11 heteroatoms. The lowest BCUT2D eigenvalue weighted by Crippen LogP contribution is -2.27. The molecular formula is C21H23F2NO7S. The molecule has 0 fully saturated rings. The summed E-state index contributed by atoms with van der Waals surface area (Å²) in [6.07, 6.45) is 2.51. The van der Waals surface area contributed by atoms with Crippen LogP contribution in [-0.2, 0) is 26.1 Å². The third-order valence-corrected chi connectivity index (χ3v) is 6.11. The van der Waals surface area contributed by atoms with Crippen LogP contribution in [0.2, 0.25) is 0 Å². The number of carbonyl (C=O) groups is 1. The Labute approximate surface area is 185 Å². The Kier molecular flexibility index (Phi) is 8.56. The van der Waals surface area contributed by atoms with Crippen molar-refractivity contribution in [1.82, 2.24) is 4.31 Å². The van der Waals surface area contributed by atoms with E-state index in [4.69, 9.17) is 9.47 Å². The molecule has 0 aliphatic heterocycles. The molecule has 0 saturated heterocycles. The quantitative estimate of drug-likeness (QED) is 0.388. The first kappa shape index (κ1) is 25.1. The third kappa shape index (κ3) is 6.17. The number of halogens is 2. The average molecular weight is 471 g/mol. The van der Waals surface area contributed by atoms with Gasteiger partial charge in [-0.2, -0.15) is 13.1 Å². The molecule has 0 spiro atoms. The van der Waals surface area contributed by atoms with Gasteiger partial charge in [0.25, 0.3) is 0 Å². The molecule has 0 aromatic heterocycles. The highest BCUT2D eigenvalue weighted by molar-refractivity contribution is 7.89. The summed E-state index contributed by atoms with van der Waals surface area (Å²) in [5.41, 5.74) is 0.786. The van der Waals surface area contributed by atoms with E-state index >= 15 is 0 Å². The molecule has 2 rings (SSSR count). The second-order valence-electron chi connectivity index (χ2n) is 6.40. The molecule has 0 radical (unpaired) electrons. The Bertz CT molecular complexity index is 1090. The highest BCUT2D eigenvalue weighted by Crippen LogP contribution is 2.37. The van der Waals surface area contributed by atoms with Crippen LogP contribution < -0.4 is 14.2 Å². The Morgan fingerprint density at radius 3 is 2.44 bits per heavy atom. The summed E-state index contributed by atoms with van der Waals surface area (Å²) in [6, 6.07) is 8.55. The minimum atomic E-state index is -4.13. The molecule has 32 heavy (non-hydrogen) atoms. The lowest BCUT2D eigenvalue weighted by Gasteiger charge is -2.21. The topological polar surface area (TPSA) is 91.4 Å². The van der Waals surface area contributed by atoms with Crippen LogP contribution in [-0.4, -0.2) is 53.7 Å². The standard InChI is InChI=1S/C21H23F2NO7S/c1-24(13-15-6-5-7-16(10-15)31-21(22)23)32(26,27)18-12-14(8-9-19(25)29-3)11-17(28-2)20(18)30-4/h5-12,21H,13H2,1-4H3/b9-8+. The number of nitrogens with zero attached hydrogens (tertiary/aromatic N) is 1. The molecular weight excluding hydrogens is 448 g/mol. The number of esters is 1. The fraction of sp³-hybridized carbons (Fsp3) is 0.286. The van der Waals surface area contributed by atoms with Crippen molar-refractivity contribution in [2.24, 2.45) is 0 Å². The Morgan fingerprint density at radius 1 is 1.12 bits per heavy atom. The van der Waals surface area contributed by atoms with Crippen molar-refractivity contribution in [2.75, 3.05) is 28.4 Å². The number of sulfonamides is 1. The van der Waals surface area contributed by atoms with Gasteiger partial charge in [0.2, 0.25) is 10.0 Å². The maximum Gasteiger partial charge on any atom is 0.387 e. The molecule has 0 unspecified atom stereocenters. The van der Waals surface area contributed by atoms with E-state index in [9.17, 15) is 22.0 Å². The number of methoxy groups -OCH3 is 3. The van der Waals surface area contributed by atoms with E-state index in [2.05, 4.69) is 9.47 Å². The summed E-state index contributed by atoms with van der Waals surface area (Å²) in [4.78, 5) is 11.2. The van der Waals surface area contributed by atoms with E-state index < -0.39 is 22.6 Å². The van der Waals surface area contributed by atoms with Crippen LogP contribution in [0.3, 0.4) is 0 Å². The molecule has 0 aliphatic carbocycles. The van der Waals surface area contributed by atoms with Crippen LogP contribution in [0.15, 0.2) is 47.4 Å². The Morgan fingerprint density at radius 2 is 1.84 bits per heavy atom. The van der Waals surface area contributed by atoms with Crippen molar-refractivity contribution >= 4 is 22.1 Å². The molecule has 8 nitrogen and oxygen atoms in total. The Balaban J connectivity index is 2.45. The first-order valence-electron chi connectivity index (χ1n) is 9.14. The first-order chi connectivity index (χ1) is 15.1. The molecule has 0 atom stereocenters. The van der Waals surface area contributed by atoms with Gasteiger partial charge in [0.05, 0.1) is 21.3 Å². The van der Waals surface area contributed by atoms with E-state index in [1.165, 1.54) is 64.8 Å². The number of carbonyl (C=O) groups excluding carboxylic acids is 1. The minimum absolute atomic E-state index is 0.0237. The number of hydrogen-bond donors (Lipinski definition) is 0. The zero-order chi connectivity index (χ0) is 23.9. The summed E-state index contributed by atoms with van der Waals surface area (Å²) < 4.78 is 72.0. The largest absolute Gasteiger partial charge is 0.493 e. The molecule has 174 valence electrons. The van der Waals surface area contributed by atoms with Gasteiger partial charge in [0, 0.05) is 19.7 Å². The summed E-state index contributed by atoms with van der Waals surface area (Å²) in [5.74, 6) is -0.590. The fourth-order valence-corrected chi connectivity index (χ4v) is 4.16. The molecule has 0 aliphatic rings. The van der Waals surface area contributed by atoms with Gasteiger partial charge < -0.3 is 18.9 Å². The van der Waals surface area contributed by atoms with Crippen molar-refractivity contribution in [2.45, 2.75) is 18.1 Å². The monoisotopic (exact) mass is 471 g/mol. The zero-order valence-corrected chi connectivity index (χ0v) is 18.7. The number of benzene rings is 2. The van der Waals surface area contributed by atoms with Crippen molar-refractivity contribution in [3.63, 3.8) is 0 Å². The van der Waals surface area contributed by atoms with Crippen LogP contribution in [0.5, 0.6) is 17.2 Å². The maximum absolute atomic E-state index is 13.3. The van der Waals surface area contributed by atoms with Gasteiger partial charge in [-0.15, -0.1) is 0 Å². The zero-order valence-electron chi connectivity index (χ0n) is 17.9. The van der Waals surface area contributed by atoms with Crippen molar-refractivity contribution in [3.05, 3.63) is 53.6 Å². The van der Waals surface area contributed by atoms with Gasteiger partial charge in [0.1, 0.15) is 10.6 Å². The van der Waals surface area contributed by atoms with Gasteiger partial charge >= 0.3 is 12.6 Å². The molecule has 2 aromatic carbocycles. The van der Waals surface area contributed by atoms with E-state index in [1.807, 2.05) is 0 Å². The predicted octanol–water partition coefficient (Wildman–Crippen LogP) is 3.31. The number of alkyl halides is 2. The molecule has 0 saturated carbocycles. The SMILES string of the molecule is COC(=O)/C=C/c1cc(OC)c(OC)c(S(=O)(=O)N(C)Cc2cccc(OC(F)F)c2)c1. The number of ether oxygens (including phenoxy) is 4. The van der Waals surface area contributed by atoms with E-state index in [0.29, 0.717) is 11.1 Å². The lowest BCUT2D eigenvalue weighted by atomic mass is 10.2. The van der Waals surface area contributed by atoms with Crippen LogP contribution in [0, 0.1) is 0 Å². The lowest BCUT2D eigenvalue weighted by molar-refractivity contribution is -0.134. The summed E-state index contributed by atoms with van der Waals surface area (Å²) >= 11 is 0. The van der Waals surface area contributed by atoms with Gasteiger partial charge in [-0.25, -0.2) is 13.2 Å². The van der Waals surface area contributed by atoms with Crippen LogP contribution in [0.25, 0.3) is 6.08 Å². The van der Waals surface area contributed by atoms with Gasteiger partial charge in [-0.1, -0.05) is 12.1 Å². The van der Waals surface area contributed by atoms with Gasteiger partial charge in [-0.3, -0.25) is 0 Å². The number of rotatable bonds is 10. The van der Waals surface area contributed by atoms with Gasteiger partial charge in [0.15, 0.2) is 11.5 Å². The van der Waals surface area contributed by atoms with Crippen LogP contribution >= 0.6 is 0 Å². The highest BCUT2D eigenvalue weighted by Gasteiger charge is 2.28. The van der Waals surface area contributed by atoms with E-state index in [-0.39, 0.29) is 28.7 Å².